The minimum absolute atomic E-state index is 0.588. The molecule has 0 amide bonds. The van der Waals surface area contributed by atoms with Gasteiger partial charge in [-0.25, -0.2) is 4.98 Å². The highest BCUT2D eigenvalue weighted by Gasteiger charge is 2.11. The number of imidazole rings is 1. The summed E-state index contributed by atoms with van der Waals surface area (Å²) in [6.07, 6.45) is 2.70. The summed E-state index contributed by atoms with van der Waals surface area (Å²) in [7, 11) is 1.61. The van der Waals surface area contributed by atoms with E-state index in [2.05, 4.69) is 26.3 Å². The average molecular weight is 242 g/mol. The van der Waals surface area contributed by atoms with E-state index >= 15 is 0 Å². The predicted molar refractivity (Wildman–Crippen MR) is 69.0 cm³/mol. The fraction of sp³-hybridized carbons (Fsp3) is 0.308. The summed E-state index contributed by atoms with van der Waals surface area (Å²) in [5.41, 5.74) is 3.62. The second-order valence-electron chi connectivity index (χ2n) is 4.14. The third-order valence-electron chi connectivity index (χ3n) is 3.06. The first-order valence-electron chi connectivity index (χ1n) is 5.92. The SMILES string of the molecule is CCc1nc(C)c2cnc3ccc(OC)nc3n12. The van der Waals surface area contributed by atoms with Crippen molar-refractivity contribution in [2.45, 2.75) is 20.3 Å². The van der Waals surface area contributed by atoms with Crippen LogP contribution in [0.4, 0.5) is 0 Å². The van der Waals surface area contributed by atoms with Crippen LogP contribution in [-0.4, -0.2) is 26.5 Å². The van der Waals surface area contributed by atoms with Gasteiger partial charge in [-0.1, -0.05) is 6.92 Å². The maximum atomic E-state index is 5.18. The van der Waals surface area contributed by atoms with E-state index in [9.17, 15) is 0 Å². The van der Waals surface area contributed by atoms with Gasteiger partial charge in [-0.3, -0.25) is 9.38 Å². The molecule has 92 valence electrons. The molecule has 0 aromatic carbocycles. The minimum Gasteiger partial charge on any atom is -0.481 e. The molecule has 0 saturated heterocycles. The van der Waals surface area contributed by atoms with Crippen LogP contribution in [0.2, 0.25) is 0 Å². The van der Waals surface area contributed by atoms with Crippen molar-refractivity contribution in [3.63, 3.8) is 0 Å². The summed E-state index contributed by atoms with van der Waals surface area (Å²) in [5, 5.41) is 0. The first-order valence-corrected chi connectivity index (χ1v) is 5.92. The Kier molecular flexibility index (Phi) is 2.40. The molecule has 0 unspecified atom stereocenters. The number of nitrogens with zero attached hydrogens (tertiary/aromatic N) is 4. The van der Waals surface area contributed by atoms with Crippen LogP contribution in [0.1, 0.15) is 18.4 Å². The molecule has 0 bridgehead atoms. The summed E-state index contributed by atoms with van der Waals surface area (Å²) in [5.74, 6) is 1.58. The maximum Gasteiger partial charge on any atom is 0.215 e. The molecule has 18 heavy (non-hydrogen) atoms. The molecule has 0 atom stereocenters. The summed E-state index contributed by atoms with van der Waals surface area (Å²) in [6, 6.07) is 3.73. The highest BCUT2D eigenvalue weighted by Crippen LogP contribution is 2.20. The molecule has 0 spiro atoms. The lowest BCUT2D eigenvalue weighted by molar-refractivity contribution is 0.399. The number of aromatic nitrogens is 4. The summed E-state index contributed by atoms with van der Waals surface area (Å²) in [6.45, 7) is 4.07. The lowest BCUT2D eigenvalue weighted by Crippen LogP contribution is -1.99. The van der Waals surface area contributed by atoms with Crippen molar-refractivity contribution in [1.29, 1.82) is 0 Å². The first kappa shape index (κ1) is 11.0. The van der Waals surface area contributed by atoms with Crippen LogP contribution in [0.5, 0.6) is 5.88 Å². The van der Waals surface area contributed by atoms with Crippen molar-refractivity contribution in [3.05, 3.63) is 29.8 Å². The lowest BCUT2D eigenvalue weighted by Gasteiger charge is -2.05. The third-order valence-corrected chi connectivity index (χ3v) is 3.06. The highest BCUT2D eigenvalue weighted by atomic mass is 16.5. The van der Waals surface area contributed by atoms with Gasteiger partial charge in [0.05, 0.1) is 24.5 Å². The fourth-order valence-corrected chi connectivity index (χ4v) is 2.16. The molecule has 3 aromatic rings. The molecule has 0 aliphatic rings. The summed E-state index contributed by atoms with van der Waals surface area (Å²) >= 11 is 0. The van der Waals surface area contributed by atoms with Crippen molar-refractivity contribution >= 4 is 16.7 Å². The van der Waals surface area contributed by atoms with Gasteiger partial charge in [-0.15, -0.1) is 0 Å². The molecule has 5 heteroatoms. The van der Waals surface area contributed by atoms with Gasteiger partial charge >= 0.3 is 0 Å². The number of fused-ring (bicyclic) bond motifs is 3. The molecule has 0 N–H and O–H groups in total. The van der Waals surface area contributed by atoms with E-state index < -0.39 is 0 Å². The number of rotatable bonds is 2. The standard InChI is InChI=1S/C13H14N4O/c1-4-11-15-8(2)10-7-14-9-5-6-12(18-3)16-13(9)17(10)11/h5-7H,4H2,1-3H3. The van der Waals surface area contributed by atoms with E-state index in [0.717, 1.165) is 34.6 Å². The predicted octanol–water partition coefficient (Wildman–Crippen LogP) is 2.16. The second kappa shape index (κ2) is 3.94. The molecule has 3 aromatic heterocycles. The van der Waals surface area contributed by atoms with Gasteiger partial charge in [0.15, 0.2) is 5.65 Å². The zero-order valence-corrected chi connectivity index (χ0v) is 10.6. The van der Waals surface area contributed by atoms with Crippen molar-refractivity contribution in [2.75, 3.05) is 7.11 Å². The Hall–Kier alpha value is -2.17. The van der Waals surface area contributed by atoms with Crippen LogP contribution in [0, 0.1) is 6.92 Å². The molecule has 0 aliphatic carbocycles. The smallest absolute Gasteiger partial charge is 0.215 e. The van der Waals surface area contributed by atoms with Gasteiger partial charge in [-0.2, -0.15) is 4.98 Å². The van der Waals surface area contributed by atoms with Crippen LogP contribution in [0.15, 0.2) is 18.3 Å². The molecule has 0 fully saturated rings. The van der Waals surface area contributed by atoms with Crippen LogP contribution < -0.4 is 4.74 Å². The van der Waals surface area contributed by atoms with Crippen LogP contribution >= 0.6 is 0 Å². The molecule has 0 saturated carbocycles. The Balaban J connectivity index is 2.49. The Bertz CT molecular complexity index is 733. The van der Waals surface area contributed by atoms with Gasteiger partial charge in [0, 0.05) is 12.5 Å². The van der Waals surface area contributed by atoms with Gasteiger partial charge in [0.2, 0.25) is 5.88 Å². The number of hydrogen-bond acceptors (Lipinski definition) is 4. The van der Waals surface area contributed by atoms with E-state index in [1.165, 1.54) is 0 Å². The quantitative estimate of drug-likeness (QED) is 0.691. The van der Waals surface area contributed by atoms with E-state index in [4.69, 9.17) is 4.74 Å². The number of methoxy groups -OCH3 is 1. The second-order valence-corrected chi connectivity index (χ2v) is 4.14. The van der Waals surface area contributed by atoms with Crippen LogP contribution in [-0.2, 0) is 6.42 Å². The van der Waals surface area contributed by atoms with Crippen molar-refractivity contribution < 1.29 is 4.74 Å². The van der Waals surface area contributed by atoms with Crippen LogP contribution in [0.3, 0.4) is 0 Å². The van der Waals surface area contributed by atoms with Crippen molar-refractivity contribution in [2.24, 2.45) is 0 Å². The monoisotopic (exact) mass is 242 g/mol. The van der Waals surface area contributed by atoms with Crippen molar-refractivity contribution in [1.82, 2.24) is 19.4 Å². The molecule has 3 heterocycles. The number of aryl methyl sites for hydroxylation is 2. The topological polar surface area (TPSA) is 52.3 Å². The lowest BCUT2D eigenvalue weighted by atomic mass is 10.3. The first-order chi connectivity index (χ1) is 8.74. The average Bonchev–Trinajstić information content (AvgIpc) is 2.75. The molecule has 0 radical (unpaired) electrons. The Morgan fingerprint density at radius 2 is 2.11 bits per heavy atom. The van der Waals surface area contributed by atoms with Gasteiger partial charge < -0.3 is 4.74 Å². The normalized spacial score (nSPS) is 11.3. The number of ether oxygens (including phenoxy) is 1. The van der Waals surface area contributed by atoms with E-state index in [1.54, 1.807) is 7.11 Å². The Morgan fingerprint density at radius 1 is 1.28 bits per heavy atom. The Morgan fingerprint density at radius 3 is 2.83 bits per heavy atom. The summed E-state index contributed by atoms with van der Waals surface area (Å²) < 4.78 is 7.23. The van der Waals surface area contributed by atoms with Gasteiger partial charge in [0.1, 0.15) is 11.3 Å². The number of pyridine rings is 1. The zero-order chi connectivity index (χ0) is 12.7. The van der Waals surface area contributed by atoms with E-state index in [-0.39, 0.29) is 0 Å². The minimum atomic E-state index is 0.588. The molecule has 5 nitrogen and oxygen atoms in total. The number of hydrogen-bond donors (Lipinski definition) is 0. The third kappa shape index (κ3) is 1.44. The summed E-state index contributed by atoms with van der Waals surface area (Å²) in [4.78, 5) is 13.5. The van der Waals surface area contributed by atoms with Crippen LogP contribution in [0.25, 0.3) is 16.7 Å². The van der Waals surface area contributed by atoms with E-state index in [0.29, 0.717) is 5.88 Å². The highest BCUT2D eigenvalue weighted by molar-refractivity contribution is 5.75. The Labute approximate surface area is 104 Å². The zero-order valence-electron chi connectivity index (χ0n) is 10.6. The largest absolute Gasteiger partial charge is 0.481 e. The molecule has 0 aliphatic heterocycles. The molecule has 3 rings (SSSR count). The van der Waals surface area contributed by atoms with E-state index in [1.807, 2.05) is 25.3 Å². The molecular formula is C13H14N4O. The van der Waals surface area contributed by atoms with Gasteiger partial charge in [0.25, 0.3) is 0 Å². The maximum absolute atomic E-state index is 5.18. The van der Waals surface area contributed by atoms with Crippen molar-refractivity contribution in [3.8, 4) is 5.88 Å². The molecular weight excluding hydrogens is 228 g/mol. The van der Waals surface area contributed by atoms with Gasteiger partial charge in [-0.05, 0) is 13.0 Å². The fourth-order valence-electron chi connectivity index (χ4n) is 2.16.